The summed E-state index contributed by atoms with van der Waals surface area (Å²) >= 11 is 1.83. The van der Waals surface area contributed by atoms with Crippen molar-refractivity contribution in [2.24, 2.45) is 0 Å². The number of nitrogens with one attached hydrogen (secondary N) is 1. The van der Waals surface area contributed by atoms with E-state index < -0.39 is 0 Å². The van der Waals surface area contributed by atoms with Gasteiger partial charge < -0.3 is 10.4 Å². The van der Waals surface area contributed by atoms with Crippen LogP contribution in [0.4, 0.5) is 0 Å². The van der Waals surface area contributed by atoms with E-state index >= 15 is 0 Å². The molecule has 108 valence electrons. The molecular weight excluding hydrogens is 254 g/mol. The Labute approximate surface area is 122 Å². The van der Waals surface area contributed by atoms with Crippen LogP contribution in [0.15, 0.2) is 24.3 Å². The molecule has 0 saturated heterocycles. The average molecular weight is 281 g/mol. The fourth-order valence-electron chi connectivity index (χ4n) is 1.87. The number of rotatable bonds is 8. The van der Waals surface area contributed by atoms with E-state index in [4.69, 9.17) is 0 Å². The second kappa shape index (κ2) is 8.62. The molecule has 0 fully saturated rings. The third kappa shape index (κ3) is 5.98. The Morgan fingerprint density at radius 3 is 2.63 bits per heavy atom. The standard InChI is InChI=1S/C16H27NOS/c1-5-9-17-16(11-19-14(4)13(3)18)15-8-6-7-12(2)10-15/h6-8,10,13-14,16-18H,5,9,11H2,1-4H3. The molecule has 2 nitrogen and oxygen atoms in total. The molecule has 1 aromatic carbocycles. The van der Waals surface area contributed by atoms with Gasteiger partial charge in [-0.3, -0.25) is 0 Å². The van der Waals surface area contributed by atoms with Crippen molar-refractivity contribution in [1.29, 1.82) is 0 Å². The molecule has 0 radical (unpaired) electrons. The molecule has 0 heterocycles. The van der Waals surface area contributed by atoms with Gasteiger partial charge in [0.05, 0.1) is 6.10 Å². The van der Waals surface area contributed by atoms with Gasteiger partial charge in [-0.05, 0) is 32.4 Å². The summed E-state index contributed by atoms with van der Waals surface area (Å²) in [4.78, 5) is 0. The Hall–Kier alpha value is -0.510. The van der Waals surface area contributed by atoms with Crippen molar-refractivity contribution in [1.82, 2.24) is 5.32 Å². The normalized spacial score (nSPS) is 16.1. The van der Waals surface area contributed by atoms with E-state index in [9.17, 15) is 5.11 Å². The SMILES string of the molecule is CCCNC(CSC(C)C(C)O)c1cccc(C)c1. The van der Waals surface area contributed by atoms with Gasteiger partial charge >= 0.3 is 0 Å². The molecule has 0 aliphatic heterocycles. The highest BCUT2D eigenvalue weighted by Gasteiger charge is 2.15. The molecule has 0 bridgehead atoms. The van der Waals surface area contributed by atoms with E-state index in [1.165, 1.54) is 11.1 Å². The maximum atomic E-state index is 9.58. The van der Waals surface area contributed by atoms with E-state index in [2.05, 4.69) is 50.4 Å². The van der Waals surface area contributed by atoms with Crippen LogP contribution in [-0.4, -0.2) is 28.8 Å². The summed E-state index contributed by atoms with van der Waals surface area (Å²) < 4.78 is 0. The number of aryl methyl sites for hydroxylation is 1. The lowest BCUT2D eigenvalue weighted by Crippen LogP contribution is -2.26. The van der Waals surface area contributed by atoms with Crippen molar-refractivity contribution in [3.8, 4) is 0 Å². The summed E-state index contributed by atoms with van der Waals surface area (Å²) in [7, 11) is 0. The molecule has 3 atom stereocenters. The zero-order valence-electron chi connectivity index (χ0n) is 12.5. The van der Waals surface area contributed by atoms with E-state index in [1.54, 1.807) is 0 Å². The molecule has 0 aliphatic rings. The highest BCUT2D eigenvalue weighted by molar-refractivity contribution is 7.99. The van der Waals surface area contributed by atoms with Crippen LogP contribution in [0.5, 0.6) is 0 Å². The van der Waals surface area contributed by atoms with E-state index in [1.807, 2.05) is 18.7 Å². The van der Waals surface area contributed by atoms with Crippen molar-refractivity contribution < 1.29 is 5.11 Å². The minimum Gasteiger partial charge on any atom is -0.392 e. The van der Waals surface area contributed by atoms with Crippen molar-refractivity contribution in [3.05, 3.63) is 35.4 Å². The molecule has 0 aromatic heterocycles. The molecule has 1 aromatic rings. The first-order valence-electron chi connectivity index (χ1n) is 7.14. The van der Waals surface area contributed by atoms with Gasteiger partial charge in [0, 0.05) is 17.0 Å². The number of aliphatic hydroxyl groups is 1. The smallest absolute Gasteiger partial charge is 0.0628 e. The van der Waals surface area contributed by atoms with E-state index in [0.717, 1.165) is 18.7 Å². The van der Waals surface area contributed by atoms with Crippen LogP contribution in [0, 0.1) is 6.92 Å². The van der Waals surface area contributed by atoms with E-state index in [0.29, 0.717) is 6.04 Å². The summed E-state index contributed by atoms with van der Waals surface area (Å²) in [5, 5.41) is 13.5. The summed E-state index contributed by atoms with van der Waals surface area (Å²) in [6.07, 6.45) is 0.883. The summed E-state index contributed by atoms with van der Waals surface area (Å²) in [5.74, 6) is 0.996. The Morgan fingerprint density at radius 1 is 1.32 bits per heavy atom. The lowest BCUT2D eigenvalue weighted by Gasteiger charge is -2.22. The van der Waals surface area contributed by atoms with Gasteiger partial charge in [-0.1, -0.05) is 43.7 Å². The lowest BCUT2D eigenvalue weighted by molar-refractivity contribution is 0.196. The van der Waals surface area contributed by atoms with Crippen LogP contribution in [-0.2, 0) is 0 Å². The van der Waals surface area contributed by atoms with Crippen LogP contribution < -0.4 is 5.32 Å². The number of benzene rings is 1. The molecule has 19 heavy (non-hydrogen) atoms. The van der Waals surface area contributed by atoms with Crippen molar-refractivity contribution in [2.75, 3.05) is 12.3 Å². The fraction of sp³-hybridized carbons (Fsp3) is 0.625. The first-order valence-corrected chi connectivity index (χ1v) is 8.19. The van der Waals surface area contributed by atoms with Crippen LogP contribution in [0.3, 0.4) is 0 Å². The van der Waals surface area contributed by atoms with Crippen LogP contribution >= 0.6 is 11.8 Å². The molecule has 0 aliphatic carbocycles. The molecule has 2 N–H and O–H groups in total. The topological polar surface area (TPSA) is 32.3 Å². The number of hydrogen-bond acceptors (Lipinski definition) is 3. The maximum absolute atomic E-state index is 9.58. The summed E-state index contributed by atoms with van der Waals surface area (Å²) in [6, 6.07) is 9.06. The van der Waals surface area contributed by atoms with Gasteiger partial charge in [-0.25, -0.2) is 0 Å². The molecule has 0 amide bonds. The van der Waals surface area contributed by atoms with E-state index in [-0.39, 0.29) is 11.4 Å². The molecule has 0 spiro atoms. The minimum atomic E-state index is -0.255. The first kappa shape index (κ1) is 16.5. The van der Waals surface area contributed by atoms with Crippen molar-refractivity contribution in [2.45, 2.75) is 51.5 Å². The monoisotopic (exact) mass is 281 g/mol. The number of aliphatic hydroxyl groups excluding tert-OH is 1. The van der Waals surface area contributed by atoms with Crippen molar-refractivity contribution in [3.63, 3.8) is 0 Å². The summed E-state index contributed by atoms with van der Waals surface area (Å²) in [5.41, 5.74) is 2.65. The third-order valence-corrected chi connectivity index (χ3v) is 4.74. The van der Waals surface area contributed by atoms with Gasteiger partial charge in [-0.2, -0.15) is 11.8 Å². The van der Waals surface area contributed by atoms with Crippen LogP contribution in [0.2, 0.25) is 0 Å². The molecule has 0 saturated carbocycles. The Bertz CT molecular complexity index is 368. The van der Waals surface area contributed by atoms with Gasteiger partial charge in [-0.15, -0.1) is 0 Å². The van der Waals surface area contributed by atoms with Gasteiger partial charge in [0.15, 0.2) is 0 Å². The minimum absolute atomic E-state index is 0.255. The third-order valence-electron chi connectivity index (χ3n) is 3.29. The maximum Gasteiger partial charge on any atom is 0.0628 e. The Kier molecular flexibility index (Phi) is 7.51. The largest absolute Gasteiger partial charge is 0.392 e. The highest BCUT2D eigenvalue weighted by Crippen LogP contribution is 2.23. The molecule has 3 unspecified atom stereocenters. The zero-order valence-corrected chi connectivity index (χ0v) is 13.3. The Morgan fingerprint density at radius 2 is 2.05 bits per heavy atom. The zero-order chi connectivity index (χ0) is 14.3. The predicted octanol–water partition coefficient (Wildman–Crippen LogP) is 3.54. The number of hydrogen-bond donors (Lipinski definition) is 2. The Balaban J connectivity index is 2.66. The van der Waals surface area contributed by atoms with Gasteiger partial charge in [0.25, 0.3) is 0 Å². The first-order chi connectivity index (χ1) is 9.04. The summed E-state index contributed by atoms with van der Waals surface area (Å²) in [6.45, 7) is 9.29. The van der Waals surface area contributed by atoms with Crippen LogP contribution in [0.1, 0.15) is 44.4 Å². The molecular formula is C16H27NOS. The molecule has 1 rings (SSSR count). The van der Waals surface area contributed by atoms with Gasteiger partial charge in [0.1, 0.15) is 0 Å². The van der Waals surface area contributed by atoms with Crippen molar-refractivity contribution >= 4 is 11.8 Å². The highest BCUT2D eigenvalue weighted by atomic mass is 32.2. The quantitative estimate of drug-likeness (QED) is 0.764. The molecule has 3 heteroatoms. The predicted molar refractivity (Wildman–Crippen MR) is 85.8 cm³/mol. The fourth-order valence-corrected chi connectivity index (χ4v) is 2.95. The second-order valence-corrected chi connectivity index (χ2v) is 6.61. The second-order valence-electron chi connectivity index (χ2n) is 5.20. The van der Waals surface area contributed by atoms with Crippen LogP contribution in [0.25, 0.3) is 0 Å². The average Bonchev–Trinajstić information content (AvgIpc) is 2.38. The van der Waals surface area contributed by atoms with Gasteiger partial charge in [0.2, 0.25) is 0 Å². The number of thioether (sulfide) groups is 1. The lowest BCUT2D eigenvalue weighted by atomic mass is 10.1.